The summed E-state index contributed by atoms with van der Waals surface area (Å²) in [5, 5.41) is 3.88. The third kappa shape index (κ3) is 5.72. The van der Waals surface area contributed by atoms with E-state index in [0.717, 1.165) is 39.0 Å². The highest BCUT2D eigenvalue weighted by Gasteiger charge is 2.39. The zero-order valence-corrected chi connectivity index (χ0v) is 22.8. The van der Waals surface area contributed by atoms with Gasteiger partial charge in [0.15, 0.2) is 10.7 Å². The number of carbonyl (C=O) groups excluding carboxylic acids is 1. The van der Waals surface area contributed by atoms with Crippen molar-refractivity contribution in [3.8, 4) is 0 Å². The second kappa shape index (κ2) is 11.7. The summed E-state index contributed by atoms with van der Waals surface area (Å²) in [6.07, 6.45) is 10.0. The molecule has 4 heterocycles. The number of nitrogens with zero attached hydrogens (tertiary/aromatic N) is 4. The van der Waals surface area contributed by atoms with Crippen LogP contribution < -0.4 is 0 Å². The first-order valence-corrected chi connectivity index (χ1v) is 15.2. The van der Waals surface area contributed by atoms with Gasteiger partial charge in [-0.3, -0.25) is 4.79 Å². The van der Waals surface area contributed by atoms with Crippen molar-refractivity contribution in [3.05, 3.63) is 47.1 Å². The Kier molecular flexibility index (Phi) is 8.30. The molecule has 1 aromatic heterocycles. The number of halogens is 1. The number of carbonyl (C=O) groups is 1. The van der Waals surface area contributed by atoms with Crippen LogP contribution in [0.25, 0.3) is 12.2 Å². The molecule has 8 nitrogen and oxygen atoms in total. The molecule has 206 valence electrons. The second-order valence-electron chi connectivity index (χ2n) is 10.7. The normalized spacial score (nSPS) is 22.8. The van der Waals surface area contributed by atoms with E-state index in [1.54, 1.807) is 25.1 Å². The lowest BCUT2D eigenvalue weighted by Gasteiger charge is -2.41. The van der Waals surface area contributed by atoms with Crippen LogP contribution in [0.4, 0.5) is 4.39 Å². The fourth-order valence-corrected chi connectivity index (χ4v) is 7.83. The van der Waals surface area contributed by atoms with Crippen molar-refractivity contribution in [1.29, 1.82) is 0 Å². The predicted molar refractivity (Wildman–Crippen MR) is 143 cm³/mol. The Labute approximate surface area is 224 Å². The number of piperidine rings is 3. The van der Waals surface area contributed by atoms with Crippen LogP contribution in [0.3, 0.4) is 0 Å². The van der Waals surface area contributed by atoms with Crippen molar-refractivity contribution >= 4 is 28.1 Å². The first-order chi connectivity index (χ1) is 18.3. The molecule has 0 bridgehead atoms. The zero-order valence-electron chi connectivity index (χ0n) is 22.0. The average molecular weight is 545 g/mol. The van der Waals surface area contributed by atoms with Gasteiger partial charge in [0.05, 0.1) is 5.92 Å². The molecule has 5 rings (SSSR count). The maximum atomic E-state index is 14.0. The van der Waals surface area contributed by atoms with Crippen LogP contribution in [0.1, 0.15) is 62.0 Å². The molecular formula is C28H37FN4O4S. The highest BCUT2D eigenvalue weighted by molar-refractivity contribution is 7.89. The Morgan fingerprint density at radius 2 is 1.74 bits per heavy atom. The lowest BCUT2D eigenvalue weighted by atomic mass is 9.95. The van der Waals surface area contributed by atoms with E-state index >= 15 is 0 Å². The van der Waals surface area contributed by atoms with E-state index in [4.69, 9.17) is 4.52 Å². The molecule has 3 fully saturated rings. The van der Waals surface area contributed by atoms with Crippen LogP contribution in [-0.2, 0) is 14.8 Å². The molecule has 3 aliphatic heterocycles. The molecule has 3 saturated heterocycles. The Morgan fingerprint density at radius 1 is 1.00 bits per heavy atom. The van der Waals surface area contributed by atoms with Gasteiger partial charge >= 0.3 is 0 Å². The van der Waals surface area contributed by atoms with Gasteiger partial charge in [0, 0.05) is 37.8 Å². The molecule has 0 N–H and O–H groups in total. The lowest BCUT2D eigenvalue weighted by molar-refractivity contribution is -0.138. The van der Waals surface area contributed by atoms with Crippen LogP contribution in [0.5, 0.6) is 0 Å². The summed E-state index contributed by atoms with van der Waals surface area (Å²) in [7, 11) is -3.96. The number of sulfonamides is 1. The Bertz CT molecular complexity index is 1260. The minimum atomic E-state index is -3.96. The van der Waals surface area contributed by atoms with Crippen molar-refractivity contribution in [2.45, 2.75) is 62.8 Å². The fraction of sp³-hybridized carbons (Fsp3) is 0.571. The van der Waals surface area contributed by atoms with Crippen LogP contribution in [-0.4, -0.2) is 78.9 Å². The van der Waals surface area contributed by atoms with Crippen LogP contribution in [0, 0.1) is 18.7 Å². The Morgan fingerprint density at radius 3 is 2.47 bits per heavy atom. The zero-order chi connectivity index (χ0) is 26.7. The first-order valence-electron chi connectivity index (χ1n) is 13.8. The molecule has 1 amide bonds. The van der Waals surface area contributed by atoms with Gasteiger partial charge in [-0.15, -0.1) is 0 Å². The molecular weight excluding hydrogens is 507 g/mol. The van der Waals surface area contributed by atoms with Gasteiger partial charge in [0.25, 0.3) is 0 Å². The van der Waals surface area contributed by atoms with E-state index in [9.17, 15) is 17.6 Å². The second-order valence-corrected chi connectivity index (χ2v) is 12.5. The van der Waals surface area contributed by atoms with E-state index in [0.29, 0.717) is 31.0 Å². The molecule has 0 saturated carbocycles. The number of hydrogen-bond acceptors (Lipinski definition) is 6. The van der Waals surface area contributed by atoms with Gasteiger partial charge in [-0.2, -0.15) is 4.31 Å². The number of aryl methyl sites for hydroxylation is 1. The SMILES string of the molecule is Cc1noc(/C=C/c2ccccc2F)c1S(=O)(=O)N1CCC[C@@H](C(=O)N2CCC(N3CCCCC3)CC2)C1. The van der Waals surface area contributed by atoms with Crippen molar-refractivity contribution in [3.63, 3.8) is 0 Å². The molecule has 0 spiro atoms. The minimum absolute atomic E-state index is 0.0273. The van der Waals surface area contributed by atoms with Gasteiger partial charge in [-0.05, 0) is 76.8 Å². The van der Waals surface area contributed by atoms with Crippen LogP contribution >= 0.6 is 0 Å². The van der Waals surface area contributed by atoms with Crippen molar-refractivity contribution in [1.82, 2.24) is 19.3 Å². The van der Waals surface area contributed by atoms with Crippen molar-refractivity contribution in [2.24, 2.45) is 5.92 Å². The Balaban J connectivity index is 1.26. The summed E-state index contributed by atoms with van der Waals surface area (Å²) in [6, 6.07) is 6.78. The molecule has 0 aliphatic carbocycles. The third-order valence-corrected chi connectivity index (χ3v) is 10.2. The predicted octanol–water partition coefficient (Wildman–Crippen LogP) is 4.17. The smallest absolute Gasteiger partial charge is 0.248 e. The fourth-order valence-electron chi connectivity index (χ4n) is 6.06. The van der Waals surface area contributed by atoms with Crippen molar-refractivity contribution in [2.75, 3.05) is 39.3 Å². The maximum Gasteiger partial charge on any atom is 0.248 e. The quantitative estimate of drug-likeness (QED) is 0.543. The maximum absolute atomic E-state index is 14.0. The summed E-state index contributed by atoms with van der Waals surface area (Å²) in [5.41, 5.74) is 0.559. The minimum Gasteiger partial charge on any atom is -0.355 e. The third-order valence-electron chi connectivity index (χ3n) is 8.17. The number of amides is 1. The number of rotatable bonds is 6. The molecule has 0 unspecified atom stereocenters. The van der Waals surface area contributed by atoms with Gasteiger partial charge < -0.3 is 14.3 Å². The number of aromatic nitrogens is 1. The Hall–Kier alpha value is -2.56. The van der Waals surface area contributed by atoms with E-state index < -0.39 is 15.8 Å². The topological polar surface area (TPSA) is 87.0 Å². The van der Waals surface area contributed by atoms with Crippen LogP contribution in [0.15, 0.2) is 33.7 Å². The first kappa shape index (κ1) is 27.0. The van der Waals surface area contributed by atoms with E-state index in [2.05, 4.69) is 10.1 Å². The lowest BCUT2D eigenvalue weighted by Crippen LogP contribution is -2.51. The summed E-state index contributed by atoms with van der Waals surface area (Å²) in [6.45, 7) is 5.86. The summed E-state index contributed by atoms with van der Waals surface area (Å²) < 4.78 is 48.2. The average Bonchev–Trinajstić information content (AvgIpc) is 3.33. The van der Waals surface area contributed by atoms with E-state index in [1.165, 1.54) is 41.8 Å². The van der Waals surface area contributed by atoms with Gasteiger partial charge in [-0.25, -0.2) is 12.8 Å². The summed E-state index contributed by atoms with van der Waals surface area (Å²) in [4.78, 5) is 17.9. The molecule has 38 heavy (non-hydrogen) atoms. The molecule has 2 aromatic rings. The largest absolute Gasteiger partial charge is 0.355 e. The number of hydrogen-bond donors (Lipinski definition) is 0. The molecule has 1 aromatic carbocycles. The summed E-state index contributed by atoms with van der Waals surface area (Å²) >= 11 is 0. The van der Waals surface area contributed by atoms with Gasteiger partial charge in [0.1, 0.15) is 11.5 Å². The number of benzene rings is 1. The van der Waals surface area contributed by atoms with Crippen LogP contribution in [0.2, 0.25) is 0 Å². The molecule has 1 atom stereocenters. The standard InChI is InChI=1S/C28H37FN4O4S/c1-21-27(26(37-30-21)12-11-22-8-3-4-10-25(22)29)38(35,36)33-17-7-9-23(20-33)28(34)32-18-13-24(14-19-32)31-15-5-2-6-16-31/h3-4,8,10-12,23-24H,2,5-7,9,13-20H2,1H3/b12-11+/t23-/m1/s1. The van der Waals surface area contributed by atoms with Crippen molar-refractivity contribution < 1.29 is 22.1 Å². The molecule has 3 aliphatic rings. The highest BCUT2D eigenvalue weighted by Crippen LogP contribution is 2.31. The molecule has 10 heteroatoms. The highest BCUT2D eigenvalue weighted by atomic mass is 32.2. The van der Waals surface area contributed by atoms with E-state index in [-0.39, 0.29) is 34.7 Å². The van der Waals surface area contributed by atoms with Gasteiger partial charge in [-0.1, -0.05) is 29.8 Å². The summed E-state index contributed by atoms with van der Waals surface area (Å²) in [5.74, 6) is -0.660. The van der Waals surface area contributed by atoms with Gasteiger partial charge in [0.2, 0.25) is 15.9 Å². The monoisotopic (exact) mass is 544 g/mol. The molecule has 0 radical (unpaired) electrons. The van der Waals surface area contributed by atoms with E-state index in [1.807, 2.05) is 4.90 Å². The number of likely N-dealkylation sites (tertiary alicyclic amines) is 2.